The van der Waals surface area contributed by atoms with Gasteiger partial charge in [-0.1, -0.05) is 11.3 Å². The minimum atomic E-state index is -0.599. The van der Waals surface area contributed by atoms with E-state index in [-0.39, 0.29) is 21.7 Å². The van der Waals surface area contributed by atoms with Crippen LogP contribution in [0.4, 0.5) is 19.5 Å². The van der Waals surface area contributed by atoms with Crippen molar-refractivity contribution in [2.24, 2.45) is 0 Å². The highest BCUT2D eigenvalue weighted by molar-refractivity contribution is 9.10. The summed E-state index contributed by atoms with van der Waals surface area (Å²) in [5, 5.41) is 14.8. The number of halogens is 3. The molecule has 0 amide bonds. The molecule has 0 fully saturated rings. The van der Waals surface area contributed by atoms with Gasteiger partial charge in [-0.05, 0) is 27.6 Å². The molecule has 2 rings (SSSR count). The van der Waals surface area contributed by atoms with Crippen molar-refractivity contribution < 1.29 is 13.7 Å². The number of rotatable bonds is 4. The lowest BCUT2D eigenvalue weighted by Crippen LogP contribution is -2.01. The summed E-state index contributed by atoms with van der Waals surface area (Å²) in [6, 6.07) is 3.44. The second-order valence-corrected chi connectivity index (χ2v) is 5.39. The summed E-state index contributed by atoms with van der Waals surface area (Å²) in [5.41, 5.74) is 0.647. The molecule has 0 bridgehead atoms. The van der Waals surface area contributed by atoms with Gasteiger partial charge in [0.1, 0.15) is 11.6 Å². The molecule has 19 heavy (non-hydrogen) atoms. The predicted molar refractivity (Wildman–Crippen MR) is 72.4 cm³/mol. The zero-order chi connectivity index (χ0) is 14.0. The lowest BCUT2D eigenvalue weighted by atomic mass is 10.2. The highest BCUT2D eigenvalue weighted by Crippen LogP contribution is 2.26. The van der Waals surface area contributed by atoms with Crippen molar-refractivity contribution in [3.63, 3.8) is 0 Å². The summed E-state index contributed by atoms with van der Waals surface area (Å²) in [5.74, 6) is -1.18. The molecule has 0 unspecified atom stereocenters. The molecule has 0 aliphatic rings. The zero-order valence-electron chi connectivity index (χ0n) is 9.32. The Labute approximate surface area is 119 Å². The minimum absolute atomic E-state index is 0.00885. The van der Waals surface area contributed by atoms with Gasteiger partial charge in [0.2, 0.25) is 0 Å². The van der Waals surface area contributed by atoms with Gasteiger partial charge in [-0.15, -0.1) is 0 Å². The minimum Gasteiger partial charge on any atom is -0.378 e. The Bertz CT molecular complexity index is 633. The maximum Gasteiger partial charge on any atom is 0.324 e. The maximum absolute atomic E-state index is 13.5. The normalized spacial score (nSPS) is 10.5. The highest BCUT2D eigenvalue weighted by atomic mass is 79.9. The summed E-state index contributed by atoms with van der Waals surface area (Å²) >= 11 is 3.87. The Balaban J connectivity index is 2.09. The molecule has 100 valence electrons. The molecule has 1 heterocycles. The standard InChI is InChI=1S/C11H7BrF2N2O2S/c12-7-2-9(14)10(3-8(7)13)15-4-6-1-11(16(17)18)19-5-6/h1-3,5,15H,4H2. The first-order chi connectivity index (χ1) is 8.97. The Morgan fingerprint density at radius 3 is 2.68 bits per heavy atom. The first-order valence-corrected chi connectivity index (χ1v) is 6.75. The van der Waals surface area contributed by atoms with Gasteiger partial charge in [0, 0.05) is 24.1 Å². The smallest absolute Gasteiger partial charge is 0.324 e. The topological polar surface area (TPSA) is 55.2 Å². The van der Waals surface area contributed by atoms with Gasteiger partial charge in [-0.3, -0.25) is 10.1 Å². The Morgan fingerprint density at radius 1 is 1.32 bits per heavy atom. The van der Waals surface area contributed by atoms with E-state index in [1.807, 2.05) is 0 Å². The Kier molecular flexibility index (Phi) is 4.11. The lowest BCUT2D eigenvalue weighted by molar-refractivity contribution is -0.380. The van der Waals surface area contributed by atoms with E-state index in [0.29, 0.717) is 5.56 Å². The summed E-state index contributed by atoms with van der Waals surface area (Å²) in [7, 11) is 0. The van der Waals surface area contributed by atoms with Crippen LogP contribution in [0.15, 0.2) is 28.1 Å². The van der Waals surface area contributed by atoms with Crippen LogP contribution < -0.4 is 5.32 Å². The highest BCUT2D eigenvalue weighted by Gasteiger charge is 2.11. The van der Waals surface area contributed by atoms with Gasteiger partial charge in [0.05, 0.1) is 15.1 Å². The molecule has 2 aromatic rings. The van der Waals surface area contributed by atoms with Gasteiger partial charge >= 0.3 is 5.00 Å². The van der Waals surface area contributed by atoms with Crippen LogP contribution in [-0.4, -0.2) is 4.92 Å². The first kappa shape index (κ1) is 13.9. The van der Waals surface area contributed by atoms with E-state index in [0.717, 1.165) is 23.5 Å². The summed E-state index contributed by atoms with van der Waals surface area (Å²) in [6.45, 7) is 0.183. The second-order valence-electron chi connectivity index (χ2n) is 3.65. The average molecular weight is 349 g/mol. The lowest BCUT2D eigenvalue weighted by Gasteiger charge is -2.07. The van der Waals surface area contributed by atoms with Crippen molar-refractivity contribution >= 4 is 38.0 Å². The van der Waals surface area contributed by atoms with Crippen LogP contribution in [0.25, 0.3) is 0 Å². The van der Waals surface area contributed by atoms with Crippen molar-refractivity contribution in [1.82, 2.24) is 0 Å². The molecular weight excluding hydrogens is 342 g/mol. The van der Waals surface area contributed by atoms with Gasteiger partial charge in [0.15, 0.2) is 0 Å². The van der Waals surface area contributed by atoms with Gasteiger partial charge in [-0.2, -0.15) is 0 Å². The largest absolute Gasteiger partial charge is 0.378 e. The monoisotopic (exact) mass is 348 g/mol. The molecule has 0 saturated heterocycles. The van der Waals surface area contributed by atoms with Crippen molar-refractivity contribution in [2.75, 3.05) is 5.32 Å². The number of nitrogens with zero attached hydrogens (tertiary/aromatic N) is 1. The average Bonchev–Trinajstić information content (AvgIpc) is 2.81. The molecule has 1 aromatic carbocycles. The van der Waals surface area contributed by atoms with Crippen molar-refractivity contribution in [3.05, 3.63) is 55.4 Å². The van der Waals surface area contributed by atoms with Crippen LogP contribution in [-0.2, 0) is 6.54 Å². The van der Waals surface area contributed by atoms with Gasteiger partial charge < -0.3 is 5.32 Å². The van der Waals surface area contributed by atoms with E-state index >= 15 is 0 Å². The molecule has 0 spiro atoms. The van der Waals surface area contributed by atoms with Crippen molar-refractivity contribution in [1.29, 1.82) is 0 Å². The molecule has 0 atom stereocenters. The molecule has 0 saturated carbocycles. The molecule has 1 aromatic heterocycles. The number of nitro groups is 1. The first-order valence-electron chi connectivity index (χ1n) is 5.07. The number of hydrogen-bond acceptors (Lipinski definition) is 4. The Hall–Kier alpha value is -1.54. The molecule has 0 radical (unpaired) electrons. The quantitative estimate of drug-likeness (QED) is 0.508. The fourth-order valence-corrected chi connectivity index (χ4v) is 2.45. The molecule has 0 aliphatic heterocycles. The van der Waals surface area contributed by atoms with Crippen LogP contribution in [0.5, 0.6) is 0 Å². The SMILES string of the molecule is O=[N+]([O-])c1cc(CNc2cc(F)c(Br)cc2F)cs1. The number of nitrogens with one attached hydrogen (secondary N) is 1. The fraction of sp³-hybridized carbons (Fsp3) is 0.0909. The predicted octanol–water partition coefficient (Wildman–Crippen LogP) is 4.31. The third-order valence-corrected chi connectivity index (χ3v) is 3.85. The zero-order valence-corrected chi connectivity index (χ0v) is 11.7. The Morgan fingerprint density at radius 2 is 2.05 bits per heavy atom. The van der Waals surface area contributed by atoms with Crippen LogP contribution >= 0.6 is 27.3 Å². The van der Waals surface area contributed by atoms with Crippen LogP contribution in [0, 0.1) is 21.7 Å². The number of thiophene rings is 1. The molecule has 8 heteroatoms. The molecule has 0 aliphatic carbocycles. The third kappa shape index (κ3) is 3.27. The van der Waals surface area contributed by atoms with Crippen molar-refractivity contribution in [3.8, 4) is 0 Å². The van der Waals surface area contributed by atoms with Crippen molar-refractivity contribution in [2.45, 2.75) is 6.54 Å². The molecule has 1 N–H and O–H groups in total. The van der Waals surface area contributed by atoms with Crippen LogP contribution in [0.2, 0.25) is 0 Å². The molecule has 4 nitrogen and oxygen atoms in total. The summed E-state index contributed by atoms with van der Waals surface area (Å²) in [4.78, 5) is 10.0. The van der Waals surface area contributed by atoms with E-state index in [1.165, 1.54) is 6.07 Å². The van der Waals surface area contributed by atoms with E-state index in [4.69, 9.17) is 0 Å². The van der Waals surface area contributed by atoms with E-state index in [9.17, 15) is 18.9 Å². The number of benzene rings is 1. The van der Waals surface area contributed by atoms with Crippen LogP contribution in [0.3, 0.4) is 0 Å². The van der Waals surface area contributed by atoms with Crippen LogP contribution in [0.1, 0.15) is 5.56 Å². The van der Waals surface area contributed by atoms with E-state index in [2.05, 4.69) is 21.2 Å². The maximum atomic E-state index is 13.5. The number of hydrogen-bond donors (Lipinski definition) is 1. The second kappa shape index (κ2) is 5.62. The van der Waals surface area contributed by atoms with E-state index in [1.54, 1.807) is 5.38 Å². The number of anilines is 1. The summed E-state index contributed by atoms with van der Waals surface area (Å²) in [6.07, 6.45) is 0. The molecular formula is C11H7BrF2N2O2S. The summed E-state index contributed by atoms with van der Waals surface area (Å²) < 4.78 is 26.8. The fourth-order valence-electron chi connectivity index (χ4n) is 1.41. The van der Waals surface area contributed by atoms with E-state index < -0.39 is 16.6 Å². The van der Waals surface area contributed by atoms with Gasteiger partial charge in [-0.25, -0.2) is 8.78 Å². The third-order valence-electron chi connectivity index (χ3n) is 2.31. The van der Waals surface area contributed by atoms with Gasteiger partial charge in [0.25, 0.3) is 0 Å².